The lowest BCUT2D eigenvalue weighted by Gasteiger charge is -1.98. The van der Waals surface area contributed by atoms with Crippen molar-refractivity contribution in [3.05, 3.63) is 22.0 Å². The maximum atomic E-state index is 5.81. The number of halogens is 1. The van der Waals surface area contributed by atoms with Crippen LogP contribution >= 0.6 is 39.9 Å². The van der Waals surface area contributed by atoms with Gasteiger partial charge in [-0.1, -0.05) is 0 Å². The molecule has 1 heterocycles. The molecule has 4 heteroatoms. The summed E-state index contributed by atoms with van der Waals surface area (Å²) in [6.45, 7) is 0. The molecule has 62 valence electrons. The fourth-order valence-electron chi connectivity index (χ4n) is 1.12. The quantitative estimate of drug-likeness (QED) is 0.550. The highest BCUT2D eigenvalue weighted by atomic mass is 79.9. The van der Waals surface area contributed by atoms with E-state index in [1.54, 1.807) is 11.3 Å². The van der Waals surface area contributed by atoms with Crippen LogP contribution in [0.25, 0.3) is 10.1 Å². The van der Waals surface area contributed by atoms with Crippen LogP contribution in [-0.4, -0.2) is 0 Å². The molecule has 0 bridgehead atoms. The average molecular weight is 260 g/mol. The van der Waals surface area contributed by atoms with E-state index in [1.807, 2.05) is 17.5 Å². The van der Waals surface area contributed by atoms with Crippen molar-refractivity contribution in [2.45, 2.75) is 4.90 Å². The minimum atomic E-state index is 0.802. The van der Waals surface area contributed by atoms with Gasteiger partial charge in [-0.25, -0.2) is 0 Å². The molecule has 2 aromatic rings. The van der Waals surface area contributed by atoms with Gasteiger partial charge >= 0.3 is 0 Å². The summed E-state index contributed by atoms with van der Waals surface area (Å²) < 4.78 is 2.20. The summed E-state index contributed by atoms with van der Waals surface area (Å²) in [6, 6.07) is 3.80. The first-order chi connectivity index (χ1) is 5.70. The summed E-state index contributed by atoms with van der Waals surface area (Å²) in [5.74, 6) is 0. The normalized spacial score (nSPS) is 10.8. The first-order valence-corrected chi connectivity index (χ1v) is 5.46. The maximum Gasteiger partial charge on any atom is 0.0508 e. The second kappa shape index (κ2) is 2.94. The molecular formula is C8H6BrNS2. The Morgan fingerprint density at radius 1 is 1.42 bits per heavy atom. The van der Waals surface area contributed by atoms with Crippen LogP contribution in [0.1, 0.15) is 0 Å². The molecule has 2 N–H and O–H groups in total. The molecule has 0 aliphatic heterocycles. The summed E-state index contributed by atoms with van der Waals surface area (Å²) in [5.41, 5.74) is 6.61. The number of hydrogen-bond acceptors (Lipinski definition) is 3. The summed E-state index contributed by atoms with van der Waals surface area (Å²) in [7, 11) is 0. The van der Waals surface area contributed by atoms with E-state index in [1.165, 1.54) is 0 Å². The van der Waals surface area contributed by atoms with Crippen LogP contribution in [0.4, 0.5) is 5.69 Å². The van der Waals surface area contributed by atoms with Gasteiger partial charge in [0.1, 0.15) is 0 Å². The molecule has 1 aromatic heterocycles. The number of rotatable bonds is 0. The Bertz CT molecular complexity index is 436. The molecule has 0 atom stereocenters. The van der Waals surface area contributed by atoms with Gasteiger partial charge in [0.2, 0.25) is 0 Å². The molecular weight excluding hydrogens is 254 g/mol. The Kier molecular flexibility index (Phi) is 2.06. The van der Waals surface area contributed by atoms with Crippen LogP contribution in [0.2, 0.25) is 0 Å². The van der Waals surface area contributed by atoms with Crippen LogP contribution < -0.4 is 5.73 Å². The lowest BCUT2D eigenvalue weighted by atomic mass is 10.2. The highest BCUT2D eigenvalue weighted by Gasteiger charge is 2.06. The van der Waals surface area contributed by atoms with Crippen LogP contribution in [0.15, 0.2) is 26.9 Å². The number of hydrogen-bond donors (Lipinski definition) is 2. The van der Waals surface area contributed by atoms with Crippen LogP contribution in [0, 0.1) is 0 Å². The lowest BCUT2D eigenvalue weighted by Crippen LogP contribution is -1.84. The number of thiol groups is 1. The highest BCUT2D eigenvalue weighted by Crippen LogP contribution is 2.37. The highest BCUT2D eigenvalue weighted by molar-refractivity contribution is 9.10. The molecule has 2 rings (SSSR count). The van der Waals surface area contributed by atoms with Crippen LogP contribution in [-0.2, 0) is 0 Å². The Balaban J connectivity index is 2.98. The van der Waals surface area contributed by atoms with Gasteiger partial charge in [-0.3, -0.25) is 0 Å². The number of fused-ring (bicyclic) bond motifs is 1. The van der Waals surface area contributed by atoms with Crippen molar-refractivity contribution in [2.24, 2.45) is 0 Å². The second-order valence-corrected chi connectivity index (χ2v) is 4.68. The van der Waals surface area contributed by atoms with Crippen molar-refractivity contribution in [3.8, 4) is 0 Å². The van der Waals surface area contributed by atoms with Gasteiger partial charge in [0, 0.05) is 25.8 Å². The number of nitrogens with two attached hydrogens (primary N) is 1. The minimum absolute atomic E-state index is 0.802. The van der Waals surface area contributed by atoms with Crippen molar-refractivity contribution in [2.75, 3.05) is 5.73 Å². The molecule has 0 unspecified atom stereocenters. The van der Waals surface area contributed by atoms with E-state index >= 15 is 0 Å². The lowest BCUT2D eigenvalue weighted by molar-refractivity contribution is 1.60. The second-order valence-electron chi connectivity index (χ2n) is 2.46. The van der Waals surface area contributed by atoms with Crippen molar-refractivity contribution >= 4 is 55.7 Å². The van der Waals surface area contributed by atoms with Crippen LogP contribution in [0.5, 0.6) is 0 Å². The number of benzene rings is 1. The zero-order valence-corrected chi connectivity index (χ0v) is 9.34. The molecule has 1 aromatic carbocycles. The Hall–Kier alpha value is -0.190. The Morgan fingerprint density at radius 2 is 2.17 bits per heavy atom. The molecule has 0 saturated carbocycles. The third-order valence-electron chi connectivity index (χ3n) is 1.69. The van der Waals surface area contributed by atoms with Gasteiger partial charge in [0.25, 0.3) is 0 Å². The molecule has 0 aliphatic rings. The van der Waals surface area contributed by atoms with Crippen molar-refractivity contribution in [3.63, 3.8) is 0 Å². The zero-order valence-electron chi connectivity index (χ0n) is 6.04. The molecule has 0 spiro atoms. The molecule has 12 heavy (non-hydrogen) atoms. The Morgan fingerprint density at radius 3 is 2.83 bits per heavy atom. The third-order valence-corrected chi connectivity index (χ3v) is 4.15. The fourth-order valence-corrected chi connectivity index (χ4v) is 3.18. The molecule has 0 aliphatic carbocycles. The van der Waals surface area contributed by atoms with Crippen molar-refractivity contribution in [1.29, 1.82) is 0 Å². The Labute approximate surface area is 88.1 Å². The van der Waals surface area contributed by atoms with E-state index in [2.05, 4.69) is 28.6 Å². The largest absolute Gasteiger partial charge is 0.398 e. The predicted molar refractivity (Wildman–Crippen MR) is 61.2 cm³/mol. The number of nitrogen functional groups attached to an aromatic ring is 1. The van der Waals surface area contributed by atoms with E-state index in [-0.39, 0.29) is 0 Å². The van der Waals surface area contributed by atoms with E-state index in [9.17, 15) is 0 Å². The molecule has 1 nitrogen and oxygen atoms in total. The molecule has 0 amide bonds. The number of anilines is 1. The van der Waals surface area contributed by atoms with Gasteiger partial charge in [0.15, 0.2) is 0 Å². The van der Waals surface area contributed by atoms with E-state index in [0.29, 0.717) is 0 Å². The zero-order chi connectivity index (χ0) is 8.72. The topological polar surface area (TPSA) is 26.0 Å². The van der Waals surface area contributed by atoms with Crippen LogP contribution in [0.3, 0.4) is 0 Å². The van der Waals surface area contributed by atoms with Crippen molar-refractivity contribution in [1.82, 2.24) is 0 Å². The average Bonchev–Trinajstić information content (AvgIpc) is 2.42. The van der Waals surface area contributed by atoms with E-state index < -0.39 is 0 Å². The summed E-state index contributed by atoms with van der Waals surface area (Å²) in [5, 5.41) is 3.10. The standard InChI is InChI=1S/C8H6BrNS2/c9-4-3-12-8-6(11)2-1-5(10)7(4)8/h1-3,11H,10H2. The molecule has 0 saturated heterocycles. The first-order valence-electron chi connectivity index (χ1n) is 3.34. The van der Waals surface area contributed by atoms with E-state index in [4.69, 9.17) is 5.73 Å². The molecule has 0 fully saturated rings. The van der Waals surface area contributed by atoms with Gasteiger partial charge in [-0.15, -0.1) is 24.0 Å². The molecule has 0 radical (unpaired) electrons. The summed E-state index contributed by atoms with van der Waals surface area (Å²) in [4.78, 5) is 0.981. The minimum Gasteiger partial charge on any atom is -0.398 e. The third kappa shape index (κ3) is 1.14. The summed E-state index contributed by atoms with van der Waals surface area (Å²) in [6.07, 6.45) is 0. The monoisotopic (exact) mass is 259 g/mol. The van der Waals surface area contributed by atoms with Crippen molar-refractivity contribution < 1.29 is 0 Å². The fraction of sp³-hybridized carbons (Fsp3) is 0. The smallest absolute Gasteiger partial charge is 0.0508 e. The SMILES string of the molecule is Nc1ccc(S)c2scc(Br)c12. The van der Waals surface area contributed by atoms with Gasteiger partial charge in [-0.2, -0.15) is 0 Å². The number of thiophene rings is 1. The first kappa shape index (κ1) is 8.41. The predicted octanol–water partition coefficient (Wildman–Crippen LogP) is 3.53. The van der Waals surface area contributed by atoms with E-state index in [0.717, 1.165) is 25.1 Å². The summed E-state index contributed by atoms with van der Waals surface area (Å²) >= 11 is 9.44. The maximum absolute atomic E-state index is 5.81. The van der Waals surface area contributed by atoms with Gasteiger partial charge in [-0.05, 0) is 28.1 Å². The van der Waals surface area contributed by atoms with Gasteiger partial charge in [0.05, 0.1) is 4.70 Å². The van der Waals surface area contributed by atoms with Gasteiger partial charge < -0.3 is 5.73 Å².